The summed E-state index contributed by atoms with van der Waals surface area (Å²) in [4.78, 5) is 10.7. The Kier molecular flexibility index (Phi) is 6.92. The van der Waals surface area contributed by atoms with Gasteiger partial charge in [0, 0.05) is 13.0 Å². The van der Waals surface area contributed by atoms with E-state index in [-0.39, 0.29) is 5.91 Å². The zero-order chi connectivity index (χ0) is 10.1. The van der Waals surface area contributed by atoms with E-state index < -0.39 is 0 Å². The van der Waals surface area contributed by atoms with Crippen LogP contribution in [-0.4, -0.2) is 19.5 Å². The molecule has 0 saturated heterocycles. The van der Waals surface area contributed by atoms with Gasteiger partial charge in [0.2, 0.25) is 5.91 Å². The number of nitrogens with one attached hydrogen (secondary N) is 1. The van der Waals surface area contributed by atoms with Gasteiger partial charge in [-0.2, -0.15) is 0 Å². The topological polar surface area (TPSA) is 55.1 Å². The molecule has 0 fully saturated rings. The van der Waals surface area contributed by atoms with Crippen molar-refractivity contribution in [3.8, 4) is 0 Å². The zero-order valence-corrected chi connectivity index (χ0v) is 8.34. The van der Waals surface area contributed by atoms with Gasteiger partial charge in [0.1, 0.15) is 0 Å². The maximum absolute atomic E-state index is 10.7. The first-order chi connectivity index (χ1) is 6.20. The van der Waals surface area contributed by atoms with Crippen molar-refractivity contribution in [1.29, 1.82) is 0 Å². The van der Waals surface area contributed by atoms with Crippen LogP contribution >= 0.6 is 0 Å². The summed E-state index contributed by atoms with van der Waals surface area (Å²) in [6, 6.07) is 0. The van der Waals surface area contributed by atoms with E-state index in [1.807, 2.05) is 32.2 Å². The summed E-state index contributed by atoms with van der Waals surface area (Å²) in [5.74, 6) is -0.271. The van der Waals surface area contributed by atoms with Gasteiger partial charge < -0.3 is 11.1 Å². The summed E-state index contributed by atoms with van der Waals surface area (Å²) >= 11 is 0. The predicted molar refractivity (Wildman–Crippen MR) is 55.3 cm³/mol. The third-order valence-corrected chi connectivity index (χ3v) is 1.61. The number of likely N-dealkylation sites (N-methyl/N-ethyl adjacent to an activating group) is 1. The molecular formula is C10H18N2O. The number of nitrogens with two attached hydrogens (primary N) is 1. The molecule has 1 amide bonds. The van der Waals surface area contributed by atoms with E-state index >= 15 is 0 Å². The number of hydrogen-bond donors (Lipinski definition) is 2. The molecule has 0 bridgehead atoms. The molecule has 74 valence electrons. The van der Waals surface area contributed by atoms with Crippen molar-refractivity contribution >= 4 is 5.91 Å². The number of amides is 1. The Morgan fingerprint density at radius 2 is 2.23 bits per heavy atom. The van der Waals surface area contributed by atoms with Crippen LogP contribution in [0.25, 0.3) is 0 Å². The van der Waals surface area contributed by atoms with Gasteiger partial charge in [-0.3, -0.25) is 4.79 Å². The maximum Gasteiger partial charge on any atom is 0.221 e. The molecule has 0 atom stereocenters. The first-order valence-electron chi connectivity index (χ1n) is 4.42. The van der Waals surface area contributed by atoms with Gasteiger partial charge in [0.25, 0.3) is 0 Å². The van der Waals surface area contributed by atoms with Crippen LogP contribution in [0.2, 0.25) is 0 Å². The van der Waals surface area contributed by atoms with Crippen LogP contribution in [0.3, 0.4) is 0 Å². The van der Waals surface area contributed by atoms with Crippen LogP contribution in [0.1, 0.15) is 19.8 Å². The van der Waals surface area contributed by atoms with E-state index in [1.54, 1.807) is 0 Å². The first-order valence-corrected chi connectivity index (χ1v) is 4.42. The van der Waals surface area contributed by atoms with Crippen molar-refractivity contribution in [2.24, 2.45) is 5.73 Å². The lowest BCUT2D eigenvalue weighted by Gasteiger charge is -2.01. The van der Waals surface area contributed by atoms with Gasteiger partial charge in [0.15, 0.2) is 0 Å². The second kappa shape index (κ2) is 7.55. The molecule has 3 nitrogen and oxygen atoms in total. The number of primary amides is 1. The van der Waals surface area contributed by atoms with E-state index in [4.69, 9.17) is 5.73 Å². The van der Waals surface area contributed by atoms with Crippen molar-refractivity contribution in [3.05, 3.63) is 23.8 Å². The Balaban J connectivity index is 4.09. The molecule has 0 aliphatic carbocycles. The third-order valence-electron chi connectivity index (χ3n) is 1.61. The standard InChI is InChI=1S/C10H18N2O/c1-3-4-5-9(6-7-12-2)8-10(11)13/h3-4,6,12H,5,7-8H2,1-2H3,(H2,11,13)/b4-3-,9-6+. The minimum Gasteiger partial charge on any atom is -0.369 e. The van der Waals surface area contributed by atoms with Crippen LogP contribution in [0.5, 0.6) is 0 Å². The normalized spacial score (nSPS) is 12.3. The predicted octanol–water partition coefficient (Wildman–Crippen LogP) is 0.974. The van der Waals surface area contributed by atoms with Crippen molar-refractivity contribution in [3.63, 3.8) is 0 Å². The van der Waals surface area contributed by atoms with E-state index in [0.29, 0.717) is 6.42 Å². The molecule has 0 aromatic heterocycles. The maximum atomic E-state index is 10.7. The molecule has 0 aliphatic heterocycles. The van der Waals surface area contributed by atoms with E-state index in [9.17, 15) is 4.79 Å². The van der Waals surface area contributed by atoms with Gasteiger partial charge in [-0.05, 0) is 20.4 Å². The third kappa shape index (κ3) is 7.28. The minimum absolute atomic E-state index is 0.271. The summed E-state index contributed by atoms with van der Waals surface area (Å²) in [6.07, 6.45) is 7.15. The van der Waals surface area contributed by atoms with Gasteiger partial charge in [-0.15, -0.1) is 0 Å². The van der Waals surface area contributed by atoms with Gasteiger partial charge >= 0.3 is 0 Å². The monoisotopic (exact) mass is 182 g/mol. The fraction of sp³-hybridized carbons (Fsp3) is 0.500. The highest BCUT2D eigenvalue weighted by molar-refractivity contribution is 5.76. The minimum atomic E-state index is -0.271. The largest absolute Gasteiger partial charge is 0.369 e. The lowest BCUT2D eigenvalue weighted by molar-refractivity contribution is -0.117. The van der Waals surface area contributed by atoms with E-state index in [2.05, 4.69) is 5.32 Å². The SMILES string of the molecule is C/C=C\C/C(=C\CNC)CC(N)=O. The average molecular weight is 182 g/mol. The van der Waals surface area contributed by atoms with Crippen LogP contribution in [0.15, 0.2) is 23.8 Å². The van der Waals surface area contributed by atoms with Crippen molar-refractivity contribution in [2.75, 3.05) is 13.6 Å². The molecule has 0 spiro atoms. The van der Waals surface area contributed by atoms with Gasteiger partial charge in [-0.25, -0.2) is 0 Å². The first kappa shape index (κ1) is 11.9. The Hall–Kier alpha value is -1.09. The van der Waals surface area contributed by atoms with Crippen molar-refractivity contribution in [1.82, 2.24) is 5.32 Å². The van der Waals surface area contributed by atoms with Crippen molar-refractivity contribution in [2.45, 2.75) is 19.8 Å². The van der Waals surface area contributed by atoms with Crippen LogP contribution in [0, 0.1) is 0 Å². The number of rotatable bonds is 6. The summed E-state index contributed by atoms with van der Waals surface area (Å²) in [5, 5.41) is 3.00. The number of carbonyl (C=O) groups is 1. The highest BCUT2D eigenvalue weighted by Crippen LogP contribution is 2.06. The fourth-order valence-electron chi connectivity index (χ4n) is 0.967. The van der Waals surface area contributed by atoms with Gasteiger partial charge in [-0.1, -0.05) is 23.8 Å². The Labute approximate surface area is 79.7 Å². The molecule has 0 unspecified atom stereocenters. The molecule has 0 aromatic rings. The molecule has 3 N–H and O–H groups in total. The smallest absolute Gasteiger partial charge is 0.221 e. The molecule has 0 radical (unpaired) electrons. The summed E-state index contributed by atoms with van der Waals surface area (Å²) in [5.41, 5.74) is 6.18. The highest BCUT2D eigenvalue weighted by atomic mass is 16.1. The van der Waals surface area contributed by atoms with E-state index in [1.165, 1.54) is 0 Å². The molecule has 13 heavy (non-hydrogen) atoms. The second-order valence-electron chi connectivity index (χ2n) is 2.84. The zero-order valence-electron chi connectivity index (χ0n) is 8.34. The Bertz CT molecular complexity index is 207. The van der Waals surface area contributed by atoms with Crippen LogP contribution in [0.4, 0.5) is 0 Å². The molecule has 0 aromatic carbocycles. The number of carbonyl (C=O) groups excluding carboxylic acids is 1. The average Bonchev–Trinajstić information content (AvgIpc) is 2.09. The summed E-state index contributed by atoms with van der Waals surface area (Å²) < 4.78 is 0. The van der Waals surface area contributed by atoms with Gasteiger partial charge in [0.05, 0.1) is 0 Å². The summed E-state index contributed by atoms with van der Waals surface area (Å²) in [6.45, 7) is 2.74. The summed E-state index contributed by atoms with van der Waals surface area (Å²) in [7, 11) is 1.87. The second-order valence-corrected chi connectivity index (χ2v) is 2.84. The fourth-order valence-corrected chi connectivity index (χ4v) is 0.967. The quantitative estimate of drug-likeness (QED) is 0.601. The molecule has 0 aliphatic rings. The lowest BCUT2D eigenvalue weighted by atomic mass is 10.1. The Morgan fingerprint density at radius 3 is 2.69 bits per heavy atom. The number of allylic oxidation sites excluding steroid dienone is 2. The van der Waals surface area contributed by atoms with Crippen molar-refractivity contribution < 1.29 is 4.79 Å². The van der Waals surface area contributed by atoms with Crippen LogP contribution in [-0.2, 0) is 4.79 Å². The van der Waals surface area contributed by atoms with E-state index in [0.717, 1.165) is 18.5 Å². The molecular weight excluding hydrogens is 164 g/mol. The molecule has 0 saturated carbocycles. The number of hydrogen-bond acceptors (Lipinski definition) is 2. The Morgan fingerprint density at radius 1 is 1.54 bits per heavy atom. The lowest BCUT2D eigenvalue weighted by Crippen LogP contribution is -2.12. The molecule has 0 rings (SSSR count). The molecule has 0 heterocycles. The molecule has 3 heteroatoms. The van der Waals surface area contributed by atoms with Crippen LogP contribution < -0.4 is 11.1 Å². The highest BCUT2D eigenvalue weighted by Gasteiger charge is 1.99.